The molecule has 0 spiro atoms. The fourth-order valence-corrected chi connectivity index (χ4v) is 4.00. The molecule has 10 nitrogen and oxygen atoms in total. The minimum absolute atomic E-state index is 0.0522. The first-order chi connectivity index (χ1) is 19.9. The third-order valence-electron chi connectivity index (χ3n) is 6.05. The number of nitrogens with one attached hydrogen (secondary N) is 3. The molecule has 0 bridgehead atoms. The lowest BCUT2D eigenvalue weighted by atomic mass is 10.1. The third kappa shape index (κ3) is 8.56. The molecule has 1 aromatic heterocycles. The van der Waals surface area contributed by atoms with Gasteiger partial charge in [-0.1, -0.05) is 66.7 Å². The Morgan fingerprint density at radius 2 is 1.66 bits per heavy atom. The van der Waals surface area contributed by atoms with Gasteiger partial charge >= 0.3 is 12.1 Å². The van der Waals surface area contributed by atoms with E-state index in [1.165, 1.54) is 6.08 Å². The zero-order chi connectivity index (χ0) is 29.0. The number of amides is 3. The number of carboxylic acids is 1. The number of hydrogen-bond donors (Lipinski definition) is 4. The van der Waals surface area contributed by atoms with Crippen LogP contribution in [-0.4, -0.2) is 41.6 Å². The van der Waals surface area contributed by atoms with Gasteiger partial charge in [-0.3, -0.25) is 9.59 Å². The van der Waals surface area contributed by atoms with E-state index in [1.807, 2.05) is 42.5 Å². The second-order valence-electron chi connectivity index (χ2n) is 9.05. The molecule has 0 fully saturated rings. The maximum Gasteiger partial charge on any atom is 0.407 e. The molecule has 10 heteroatoms. The molecule has 0 unspecified atom stereocenters. The lowest BCUT2D eigenvalue weighted by Crippen LogP contribution is -2.44. The highest BCUT2D eigenvalue weighted by Crippen LogP contribution is 2.20. The molecule has 4 N–H and O–H groups in total. The van der Waals surface area contributed by atoms with Crippen LogP contribution >= 0.6 is 0 Å². The number of carbonyl (C=O) groups excluding carboxylic acids is 3. The summed E-state index contributed by atoms with van der Waals surface area (Å²) < 4.78 is 10.8. The highest BCUT2D eigenvalue weighted by Gasteiger charge is 2.24. The number of carbonyl (C=O) groups is 4. The maximum atomic E-state index is 13.3. The van der Waals surface area contributed by atoms with Crippen molar-refractivity contribution in [3.05, 3.63) is 108 Å². The van der Waals surface area contributed by atoms with Crippen LogP contribution in [-0.2, 0) is 20.9 Å². The first-order valence-corrected chi connectivity index (χ1v) is 12.9. The largest absolute Gasteiger partial charge is 0.478 e. The van der Waals surface area contributed by atoms with Crippen LogP contribution in [0.2, 0.25) is 0 Å². The van der Waals surface area contributed by atoms with E-state index in [2.05, 4.69) is 16.0 Å². The van der Waals surface area contributed by atoms with Crippen molar-refractivity contribution in [2.24, 2.45) is 0 Å². The first-order valence-electron chi connectivity index (χ1n) is 12.9. The first kappa shape index (κ1) is 28.6. The predicted octanol–water partition coefficient (Wildman–Crippen LogP) is 4.97. The lowest BCUT2D eigenvalue weighted by Gasteiger charge is -2.19. The smallest absolute Gasteiger partial charge is 0.407 e. The Morgan fingerprint density at radius 3 is 2.44 bits per heavy atom. The molecule has 0 aliphatic carbocycles. The quantitative estimate of drug-likeness (QED) is 0.142. The summed E-state index contributed by atoms with van der Waals surface area (Å²) in [5.41, 5.74) is 2.25. The Kier molecular flexibility index (Phi) is 9.87. The zero-order valence-corrected chi connectivity index (χ0v) is 22.0. The van der Waals surface area contributed by atoms with E-state index in [1.54, 1.807) is 42.5 Å². The van der Waals surface area contributed by atoms with Crippen molar-refractivity contribution in [1.82, 2.24) is 10.6 Å². The van der Waals surface area contributed by atoms with E-state index in [0.29, 0.717) is 23.3 Å². The van der Waals surface area contributed by atoms with Crippen LogP contribution in [0, 0.1) is 0 Å². The molecule has 1 heterocycles. The normalized spacial score (nSPS) is 11.6. The number of benzene rings is 3. The summed E-state index contributed by atoms with van der Waals surface area (Å²) in [5, 5.41) is 17.9. The molecule has 210 valence electrons. The summed E-state index contributed by atoms with van der Waals surface area (Å²) in [7, 11) is 0. The Labute approximate surface area is 236 Å². The predicted molar refractivity (Wildman–Crippen MR) is 153 cm³/mol. The van der Waals surface area contributed by atoms with Crippen LogP contribution in [0.3, 0.4) is 0 Å². The van der Waals surface area contributed by atoms with Gasteiger partial charge in [0.05, 0.1) is 0 Å². The highest BCUT2D eigenvalue weighted by atomic mass is 16.5. The minimum Gasteiger partial charge on any atom is -0.478 e. The Hall–Kier alpha value is -5.38. The number of rotatable bonds is 12. The fraction of sp³-hybridized carbons (Fsp3) is 0.161. The van der Waals surface area contributed by atoms with E-state index < -0.39 is 29.9 Å². The molecule has 4 aromatic rings. The van der Waals surface area contributed by atoms with E-state index in [0.717, 1.165) is 17.0 Å². The second kappa shape index (κ2) is 14.1. The molecule has 41 heavy (non-hydrogen) atoms. The Balaban J connectivity index is 1.40. The van der Waals surface area contributed by atoms with Crippen molar-refractivity contribution in [3.8, 4) is 0 Å². The van der Waals surface area contributed by atoms with Crippen molar-refractivity contribution >= 4 is 46.6 Å². The SMILES string of the molecule is O=C(O)C=Cc1ccccc1NC(=O)[C@H](CCCNC(=O)OCc1ccccc1)NC(=O)c1cc2ccccc2o1. The van der Waals surface area contributed by atoms with Gasteiger partial charge in [0.15, 0.2) is 5.76 Å². The van der Waals surface area contributed by atoms with Gasteiger partial charge in [0, 0.05) is 23.7 Å². The number of furan rings is 1. The molecule has 3 amide bonds. The van der Waals surface area contributed by atoms with E-state index in [-0.39, 0.29) is 25.3 Å². The summed E-state index contributed by atoms with van der Waals surface area (Å²) in [5.74, 6) is -2.17. The van der Waals surface area contributed by atoms with Gasteiger partial charge < -0.3 is 30.2 Å². The number of aliphatic carboxylic acids is 1. The molecular weight excluding hydrogens is 526 g/mol. The molecule has 3 aromatic carbocycles. The molecule has 0 saturated carbocycles. The van der Waals surface area contributed by atoms with Gasteiger partial charge in [-0.25, -0.2) is 9.59 Å². The van der Waals surface area contributed by atoms with Crippen LogP contribution in [0.5, 0.6) is 0 Å². The molecule has 0 saturated heterocycles. The van der Waals surface area contributed by atoms with Crippen molar-refractivity contribution in [2.75, 3.05) is 11.9 Å². The number of anilines is 1. The summed E-state index contributed by atoms with van der Waals surface area (Å²) in [4.78, 5) is 49.4. The van der Waals surface area contributed by atoms with Crippen molar-refractivity contribution in [3.63, 3.8) is 0 Å². The van der Waals surface area contributed by atoms with Gasteiger partial charge in [0.25, 0.3) is 5.91 Å². The van der Waals surface area contributed by atoms with Crippen molar-refractivity contribution in [2.45, 2.75) is 25.5 Å². The topological polar surface area (TPSA) is 147 Å². The van der Waals surface area contributed by atoms with Gasteiger partial charge in [0.2, 0.25) is 5.91 Å². The van der Waals surface area contributed by atoms with Crippen molar-refractivity contribution in [1.29, 1.82) is 0 Å². The van der Waals surface area contributed by atoms with Crippen LogP contribution in [0.25, 0.3) is 17.0 Å². The van der Waals surface area contributed by atoms with E-state index >= 15 is 0 Å². The average molecular weight is 556 g/mol. The average Bonchev–Trinajstić information content (AvgIpc) is 3.42. The van der Waals surface area contributed by atoms with E-state index in [9.17, 15) is 19.2 Å². The van der Waals surface area contributed by atoms with Gasteiger partial charge in [0.1, 0.15) is 18.2 Å². The minimum atomic E-state index is -1.13. The summed E-state index contributed by atoms with van der Waals surface area (Å²) in [6.45, 7) is 0.330. The molecule has 0 aliphatic heterocycles. The van der Waals surface area contributed by atoms with Crippen molar-refractivity contribution < 1.29 is 33.4 Å². The van der Waals surface area contributed by atoms with Gasteiger partial charge in [-0.15, -0.1) is 0 Å². The third-order valence-corrected chi connectivity index (χ3v) is 6.05. The summed E-state index contributed by atoms with van der Waals surface area (Å²) >= 11 is 0. The second-order valence-corrected chi connectivity index (χ2v) is 9.05. The summed E-state index contributed by atoms with van der Waals surface area (Å²) in [6.07, 6.45) is 2.27. The zero-order valence-electron chi connectivity index (χ0n) is 22.0. The molecule has 0 radical (unpaired) electrons. The van der Waals surface area contributed by atoms with Crippen LogP contribution in [0.15, 0.2) is 95.4 Å². The number of fused-ring (bicyclic) bond motifs is 1. The monoisotopic (exact) mass is 555 g/mol. The van der Waals surface area contributed by atoms with Gasteiger partial charge in [-0.05, 0) is 48.2 Å². The highest BCUT2D eigenvalue weighted by molar-refractivity contribution is 6.02. The number of hydrogen-bond acceptors (Lipinski definition) is 6. The summed E-state index contributed by atoms with van der Waals surface area (Å²) in [6, 6.07) is 23.7. The number of para-hydroxylation sites is 2. The molecule has 1 atom stereocenters. The maximum absolute atomic E-state index is 13.3. The van der Waals surface area contributed by atoms with Crippen LogP contribution < -0.4 is 16.0 Å². The number of alkyl carbamates (subject to hydrolysis) is 1. The number of carboxylic acid groups (broad SMARTS) is 1. The Bertz CT molecular complexity index is 1510. The molecule has 4 rings (SSSR count). The molecular formula is C31H29N3O7. The number of ether oxygens (including phenoxy) is 1. The molecule has 0 aliphatic rings. The Morgan fingerprint density at radius 1 is 0.927 bits per heavy atom. The lowest BCUT2D eigenvalue weighted by molar-refractivity contribution is -0.131. The van der Waals surface area contributed by atoms with E-state index in [4.69, 9.17) is 14.3 Å². The van der Waals surface area contributed by atoms with Gasteiger partial charge in [-0.2, -0.15) is 0 Å². The van der Waals surface area contributed by atoms with Crippen LogP contribution in [0.4, 0.5) is 10.5 Å². The van der Waals surface area contributed by atoms with Crippen LogP contribution in [0.1, 0.15) is 34.5 Å². The fourth-order valence-electron chi connectivity index (χ4n) is 4.00. The standard InChI is InChI=1S/C31H29N3O7/c35-28(36)17-16-22-11-4-6-13-24(22)33-29(37)25(34-30(38)27-19-23-12-5-7-15-26(23)41-27)14-8-18-32-31(39)40-20-21-9-2-1-3-10-21/h1-7,9-13,15-17,19,25H,8,14,18,20H2,(H,32,39)(H,33,37)(H,34,38)(H,35,36)/t25-/m0/s1.